The number of hydrogen-bond donors (Lipinski definition) is 2. The summed E-state index contributed by atoms with van der Waals surface area (Å²) in [4.78, 5) is 18.0. The first-order chi connectivity index (χ1) is 11.0. The van der Waals surface area contributed by atoms with Crippen LogP contribution in [-0.2, 0) is 23.0 Å². The molecule has 2 heterocycles. The number of fused-ring (bicyclic) bond motifs is 1. The fourth-order valence-electron chi connectivity index (χ4n) is 2.30. The summed E-state index contributed by atoms with van der Waals surface area (Å²) in [5, 5.41) is 14.1. The van der Waals surface area contributed by atoms with Crippen LogP contribution >= 0.6 is 0 Å². The van der Waals surface area contributed by atoms with Crippen molar-refractivity contribution in [3.05, 3.63) is 51.8 Å². The van der Waals surface area contributed by atoms with Crippen molar-refractivity contribution in [2.24, 2.45) is 0 Å². The van der Waals surface area contributed by atoms with E-state index in [2.05, 4.69) is 20.0 Å². The Morgan fingerprint density at radius 2 is 2.09 bits per heavy atom. The van der Waals surface area contributed by atoms with Gasteiger partial charge < -0.3 is 5.32 Å². The second kappa shape index (κ2) is 5.89. The summed E-state index contributed by atoms with van der Waals surface area (Å²) in [7, 11) is -4.15. The fourth-order valence-corrected chi connectivity index (χ4v) is 3.42. The van der Waals surface area contributed by atoms with Gasteiger partial charge in [-0.05, 0) is 6.07 Å². The molecule has 2 aromatic rings. The number of nitro benzene ring substituents is 1. The minimum absolute atomic E-state index is 0.0937. The second-order valence-corrected chi connectivity index (χ2v) is 6.57. The van der Waals surface area contributed by atoms with E-state index in [0.717, 1.165) is 23.9 Å². The molecule has 0 saturated carbocycles. The third-order valence-electron chi connectivity index (χ3n) is 3.39. The SMILES string of the molecule is O=[N+]([O-])c1ccccc1S(=O)(=O)Nc1ncc2c(n1)CCNC2. The average Bonchev–Trinajstić information content (AvgIpc) is 2.54. The predicted octanol–water partition coefficient (Wildman–Crippen LogP) is 0.831. The number of sulfonamides is 1. The molecule has 2 N–H and O–H groups in total. The summed E-state index contributed by atoms with van der Waals surface area (Å²) in [6, 6.07) is 5.12. The monoisotopic (exact) mass is 335 g/mol. The molecular weight excluding hydrogens is 322 g/mol. The van der Waals surface area contributed by atoms with Gasteiger partial charge >= 0.3 is 0 Å². The topological polar surface area (TPSA) is 127 Å². The largest absolute Gasteiger partial charge is 0.312 e. The zero-order valence-corrected chi connectivity index (χ0v) is 12.7. The van der Waals surface area contributed by atoms with Crippen LogP contribution in [0, 0.1) is 10.1 Å². The van der Waals surface area contributed by atoms with E-state index in [9.17, 15) is 18.5 Å². The first-order valence-corrected chi connectivity index (χ1v) is 8.27. The number of anilines is 1. The molecule has 0 saturated heterocycles. The standard InChI is InChI=1S/C13H13N5O4S/c19-18(20)11-3-1-2-4-12(11)23(21,22)17-13-15-8-9-7-14-6-5-10(9)16-13/h1-4,8,14H,5-7H2,(H,15,16,17). The van der Waals surface area contributed by atoms with Crippen LogP contribution in [0.4, 0.5) is 11.6 Å². The predicted molar refractivity (Wildman–Crippen MR) is 81.3 cm³/mol. The van der Waals surface area contributed by atoms with Gasteiger partial charge in [0.2, 0.25) is 5.95 Å². The highest BCUT2D eigenvalue weighted by Crippen LogP contribution is 2.24. The molecule has 0 bridgehead atoms. The van der Waals surface area contributed by atoms with Crippen LogP contribution in [0.2, 0.25) is 0 Å². The Morgan fingerprint density at radius 1 is 1.30 bits per heavy atom. The van der Waals surface area contributed by atoms with E-state index in [4.69, 9.17) is 0 Å². The molecule has 1 aromatic carbocycles. The third kappa shape index (κ3) is 3.12. The molecule has 10 heteroatoms. The number of para-hydroxylation sites is 1. The van der Waals surface area contributed by atoms with Crippen molar-refractivity contribution < 1.29 is 13.3 Å². The molecule has 0 amide bonds. The van der Waals surface area contributed by atoms with Crippen LogP contribution in [0.5, 0.6) is 0 Å². The molecule has 0 spiro atoms. The smallest absolute Gasteiger partial charge is 0.289 e. The molecular formula is C13H13N5O4S. The van der Waals surface area contributed by atoms with Crippen molar-refractivity contribution >= 4 is 21.7 Å². The minimum atomic E-state index is -4.15. The van der Waals surface area contributed by atoms with Crippen molar-refractivity contribution in [3.8, 4) is 0 Å². The molecule has 1 aliphatic rings. The van der Waals surface area contributed by atoms with Crippen molar-refractivity contribution in [1.29, 1.82) is 0 Å². The molecule has 1 aliphatic heterocycles. The first-order valence-electron chi connectivity index (χ1n) is 6.79. The molecule has 0 unspecified atom stereocenters. The van der Waals surface area contributed by atoms with E-state index in [0.29, 0.717) is 13.0 Å². The lowest BCUT2D eigenvalue weighted by Crippen LogP contribution is -2.25. The highest BCUT2D eigenvalue weighted by Gasteiger charge is 2.26. The average molecular weight is 335 g/mol. The zero-order chi connectivity index (χ0) is 16.4. The second-order valence-electron chi connectivity index (χ2n) is 4.92. The van der Waals surface area contributed by atoms with Crippen molar-refractivity contribution in [2.75, 3.05) is 11.3 Å². The first kappa shape index (κ1) is 15.3. The van der Waals surface area contributed by atoms with E-state index in [1.807, 2.05) is 0 Å². The summed E-state index contributed by atoms with van der Waals surface area (Å²) in [5.41, 5.74) is 1.17. The summed E-state index contributed by atoms with van der Waals surface area (Å²) in [5.74, 6) is -0.0937. The number of nitro groups is 1. The van der Waals surface area contributed by atoms with E-state index in [1.165, 1.54) is 18.2 Å². The Balaban J connectivity index is 1.94. The Bertz CT molecular complexity index is 868. The van der Waals surface area contributed by atoms with E-state index in [-0.39, 0.29) is 5.95 Å². The third-order valence-corrected chi connectivity index (χ3v) is 4.76. The van der Waals surface area contributed by atoms with Gasteiger partial charge in [0.15, 0.2) is 4.90 Å². The Labute approximate surface area is 132 Å². The number of hydrogen-bond acceptors (Lipinski definition) is 7. The van der Waals surface area contributed by atoms with Gasteiger partial charge in [-0.2, -0.15) is 0 Å². The van der Waals surface area contributed by atoms with Crippen molar-refractivity contribution in [2.45, 2.75) is 17.9 Å². The highest BCUT2D eigenvalue weighted by atomic mass is 32.2. The van der Waals surface area contributed by atoms with Gasteiger partial charge in [-0.1, -0.05) is 12.1 Å². The summed E-state index contributed by atoms with van der Waals surface area (Å²) < 4.78 is 27.0. The van der Waals surface area contributed by atoms with E-state index >= 15 is 0 Å². The maximum Gasteiger partial charge on any atom is 0.289 e. The Morgan fingerprint density at radius 3 is 2.87 bits per heavy atom. The lowest BCUT2D eigenvalue weighted by atomic mass is 10.1. The van der Waals surface area contributed by atoms with Crippen molar-refractivity contribution in [3.63, 3.8) is 0 Å². The zero-order valence-electron chi connectivity index (χ0n) is 11.9. The van der Waals surface area contributed by atoms with Crippen LogP contribution in [0.3, 0.4) is 0 Å². The van der Waals surface area contributed by atoms with Crippen LogP contribution in [0.25, 0.3) is 0 Å². The molecule has 120 valence electrons. The van der Waals surface area contributed by atoms with Gasteiger partial charge in [0.05, 0.1) is 10.6 Å². The van der Waals surface area contributed by atoms with Crippen LogP contribution in [0.1, 0.15) is 11.3 Å². The number of aromatic nitrogens is 2. The fraction of sp³-hybridized carbons (Fsp3) is 0.231. The molecule has 0 aliphatic carbocycles. The highest BCUT2D eigenvalue weighted by molar-refractivity contribution is 7.92. The van der Waals surface area contributed by atoms with Gasteiger partial charge in [-0.15, -0.1) is 0 Å². The molecule has 0 radical (unpaired) electrons. The van der Waals surface area contributed by atoms with Gasteiger partial charge in [-0.3, -0.25) is 10.1 Å². The van der Waals surface area contributed by atoms with Crippen LogP contribution < -0.4 is 10.0 Å². The molecule has 3 rings (SSSR count). The van der Waals surface area contributed by atoms with Gasteiger partial charge in [0, 0.05) is 37.3 Å². The van der Waals surface area contributed by atoms with Crippen LogP contribution in [0.15, 0.2) is 35.4 Å². The van der Waals surface area contributed by atoms with Gasteiger partial charge in [0.1, 0.15) is 0 Å². The number of nitrogens with zero attached hydrogens (tertiary/aromatic N) is 3. The molecule has 0 fully saturated rings. The summed E-state index contributed by atoms with van der Waals surface area (Å²) in [6.07, 6.45) is 2.21. The Hall–Kier alpha value is -2.59. The maximum atomic E-state index is 12.4. The van der Waals surface area contributed by atoms with Gasteiger partial charge in [-0.25, -0.2) is 23.1 Å². The molecule has 0 atom stereocenters. The Kier molecular flexibility index (Phi) is 3.92. The quantitative estimate of drug-likeness (QED) is 0.625. The number of benzene rings is 1. The number of nitrogens with one attached hydrogen (secondary N) is 2. The lowest BCUT2D eigenvalue weighted by molar-refractivity contribution is -0.387. The van der Waals surface area contributed by atoms with E-state index in [1.54, 1.807) is 6.20 Å². The van der Waals surface area contributed by atoms with Crippen molar-refractivity contribution in [1.82, 2.24) is 15.3 Å². The minimum Gasteiger partial charge on any atom is -0.312 e. The number of rotatable bonds is 4. The molecule has 23 heavy (non-hydrogen) atoms. The molecule has 1 aromatic heterocycles. The maximum absolute atomic E-state index is 12.4. The van der Waals surface area contributed by atoms with E-state index < -0.39 is 25.5 Å². The van der Waals surface area contributed by atoms with Gasteiger partial charge in [0.25, 0.3) is 15.7 Å². The van der Waals surface area contributed by atoms with Crippen LogP contribution in [-0.4, -0.2) is 29.9 Å². The summed E-state index contributed by atoms with van der Waals surface area (Å²) >= 11 is 0. The lowest BCUT2D eigenvalue weighted by Gasteiger charge is -2.16. The normalized spacial score (nSPS) is 14.1. The summed E-state index contributed by atoms with van der Waals surface area (Å²) in [6.45, 7) is 1.38. The molecule has 9 nitrogen and oxygen atoms in total.